The molecule has 1 aromatic rings. The summed E-state index contributed by atoms with van der Waals surface area (Å²) in [6.45, 7) is 11.7. The molecule has 2 unspecified atom stereocenters. The summed E-state index contributed by atoms with van der Waals surface area (Å²) in [6.07, 6.45) is 4.88. The topological polar surface area (TPSA) is 15.3 Å². The predicted molar refractivity (Wildman–Crippen MR) is 89.6 cm³/mol. The van der Waals surface area contributed by atoms with E-state index < -0.39 is 0 Å². The second kappa shape index (κ2) is 7.06. The van der Waals surface area contributed by atoms with Crippen molar-refractivity contribution in [2.75, 3.05) is 13.1 Å². The van der Waals surface area contributed by atoms with E-state index in [0.717, 1.165) is 6.54 Å². The fraction of sp³-hybridized carbons (Fsp3) is 0.765. The fourth-order valence-electron chi connectivity index (χ4n) is 3.44. The Balaban J connectivity index is 2.08. The molecule has 2 rings (SSSR count). The summed E-state index contributed by atoms with van der Waals surface area (Å²) < 4.78 is 0. The Morgan fingerprint density at radius 3 is 2.70 bits per heavy atom. The molecule has 1 saturated heterocycles. The Labute approximate surface area is 128 Å². The van der Waals surface area contributed by atoms with Crippen LogP contribution in [0.5, 0.6) is 0 Å². The molecule has 1 aliphatic rings. The van der Waals surface area contributed by atoms with Gasteiger partial charge in [0.2, 0.25) is 0 Å². The third kappa shape index (κ3) is 3.44. The highest BCUT2D eigenvalue weighted by molar-refractivity contribution is 7.09. The average Bonchev–Trinajstić information content (AvgIpc) is 2.99. The van der Waals surface area contributed by atoms with Crippen LogP contribution in [0.25, 0.3) is 0 Å². The maximum atomic E-state index is 3.84. The first-order chi connectivity index (χ1) is 9.64. The molecule has 1 N–H and O–H groups in total. The summed E-state index contributed by atoms with van der Waals surface area (Å²) in [5, 5.41) is 6.03. The van der Waals surface area contributed by atoms with Crippen molar-refractivity contribution in [3.63, 3.8) is 0 Å². The van der Waals surface area contributed by atoms with Crippen LogP contribution in [0.15, 0.2) is 17.5 Å². The molecule has 0 bridgehead atoms. The van der Waals surface area contributed by atoms with E-state index in [4.69, 9.17) is 0 Å². The molecular formula is C17H30N2S. The van der Waals surface area contributed by atoms with E-state index in [1.807, 2.05) is 11.3 Å². The van der Waals surface area contributed by atoms with E-state index in [1.54, 1.807) is 0 Å². The van der Waals surface area contributed by atoms with Crippen molar-refractivity contribution in [3.05, 3.63) is 22.4 Å². The molecule has 1 aromatic heterocycles. The van der Waals surface area contributed by atoms with Crippen molar-refractivity contribution < 1.29 is 0 Å². The number of hydrogen-bond acceptors (Lipinski definition) is 3. The molecule has 1 aliphatic heterocycles. The molecular weight excluding hydrogens is 264 g/mol. The van der Waals surface area contributed by atoms with Gasteiger partial charge in [0.1, 0.15) is 0 Å². The first-order valence-electron chi connectivity index (χ1n) is 8.17. The van der Waals surface area contributed by atoms with Gasteiger partial charge in [-0.1, -0.05) is 26.8 Å². The van der Waals surface area contributed by atoms with Gasteiger partial charge in [-0.25, -0.2) is 0 Å². The molecule has 0 aliphatic carbocycles. The fourth-order valence-corrected chi connectivity index (χ4v) is 4.27. The van der Waals surface area contributed by atoms with E-state index in [9.17, 15) is 0 Å². The summed E-state index contributed by atoms with van der Waals surface area (Å²) in [5.74, 6) is 0. The Morgan fingerprint density at radius 1 is 1.40 bits per heavy atom. The Kier molecular flexibility index (Phi) is 5.65. The quantitative estimate of drug-likeness (QED) is 0.855. The maximum Gasteiger partial charge on any atom is 0.0304 e. The number of hydrogen-bond donors (Lipinski definition) is 1. The lowest BCUT2D eigenvalue weighted by atomic mass is 9.87. The van der Waals surface area contributed by atoms with Gasteiger partial charge >= 0.3 is 0 Å². The highest BCUT2D eigenvalue weighted by Crippen LogP contribution is 2.27. The van der Waals surface area contributed by atoms with Crippen LogP contribution in [-0.2, 0) is 6.42 Å². The lowest BCUT2D eigenvalue weighted by molar-refractivity contribution is 0.0408. The van der Waals surface area contributed by atoms with Crippen LogP contribution in [0.4, 0.5) is 0 Å². The molecule has 0 aromatic carbocycles. The lowest BCUT2D eigenvalue weighted by Crippen LogP contribution is -2.65. The zero-order valence-electron chi connectivity index (χ0n) is 13.5. The Hall–Kier alpha value is -0.380. The molecule has 20 heavy (non-hydrogen) atoms. The number of nitrogens with one attached hydrogen (secondary N) is 1. The summed E-state index contributed by atoms with van der Waals surface area (Å²) in [4.78, 5) is 4.29. The maximum absolute atomic E-state index is 3.84. The summed E-state index contributed by atoms with van der Waals surface area (Å²) in [6, 6.07) is 5.77. The van der Waals surface area contributed by atoms with Crippen LogP contribution in [0.2, 0.25) is 0 Å². The number of thiophene rings is 1. The normalized spacial score (nSPS) is 24.7. The van der Waals surface area contributed by atoms with Crippen molar-refractivity contribution in [2.24, 2.45) is 0 Å². The number of nitrogens with zero attached hydrogens (tertiary/aromatic N) is 1. The SMILES string of the molecule is CCC1CNC(CC)(CC)CN1C(C)Cc1cccs1. The standard InChI is InChI=1S/C17H30N2S/c1-5-15-12-18-17(6-2,7-3)13-19(15)14(4)11-16-9-8-10-20-16/h8-10,14-15,18H,5-7,11-13H2,1-4H3. The van der Waals surface area contributed by atoms with Crippen molar-refractivity contribution in [3.8, 4) is 0 Å². The Bertz CT molecular complexity index is 384. The lowest BCUT2D eigenvalue weighted by Gasteiger charge is -2.49. The van der Waals surface area contributed by atoms with Crippen LogP contribution in [0.3, 0.4) is 0 Å². The van der Waals surface area contributed by atoms with Crippen LogP contribution in [-0.4, -0.2) is 35.6 Å². The van der Waals surface area contributed by atoms with Gasteiger partial charge in [0.05, 0.1) is 0 Å². The van der Waals surface area contributed by atoms with Gasteiger partial charge in [-0.15, -0.1) is 11.3 Å². The van der Waals surface area contributed by atoms with Gasteiger partial charge in [-0.2, -0.15) is 0 Å². The van der Waals surface area contributed by atoms with E-state index in [1.165, 1.54) is 37.1 Å². The summed E-state index contributed by atoms with van der Waals surface area (Å²) in [5.41, 5.74) is 0.329. The van der Waals surface area contributed by atoms with Gasteiger partial charge in [0, 0.05) is 35.6 Å². The number of piperazine rings is 1. The molecule has 1 fully saturated rings. The third-order valence-electron chi connectivity index (χ3n) is 5.13. The van der Waals surface area contributed by atoms with E-state index >= 15 is 0 Å². The third-order valence-corrected chi connectivity index (χ3v) is 6.03. The highest BCUT2D eigenvalue weighted by Gasteiger charge is 2.37. The zero-order chi connectivity index (χ0) is 14.6. The second-order valence-corrected chi connectivity index (χ2v) is 7.27. The first-order valence-corrected chi connectivity index (χ1v) is 9.05. The van der Waals surface area contributed by atoms with Crippen LogP contribution in [0, 0.1) is 0 Å². The van der Waals surface area contributed by atoms with Crippen LogP contribution >= 0.6 is 11.3 Å². The van der Waals surface area contributed by atoms with Gasteiger partial charge in [0.25, 0.3) is 0 Å². The minimum Gasteiger partial charge on any atom is -0.308 e. The molecule has 0 amide bonds. The summed E-state index contributed by atoms with van der Waals surface area (Å²) >= 11 is 1.89. The van der Waals surface area contributed by atoms with Crippen molar-refractivity contribution in [1.82, 2.24) is 10.2 Å². The molecule has 0 spiro atoms. The minimum absolute atomic E-state index is 0.329. The molecule has 0 radical (unpaired) electrons. The van der Waals surface area contributed by atoms with E-state index in [0.29, 0.717) is 17.6 Å². The molecule has 0 saturated carbocycles. The monoisotopic (exact) mass is 294 g/mol. The highest BCUT2D eigenvalue weighted by atomic mass is 32.1. The molecule has 3 heteroatoms. The second-order valence-electron chi connectivity index (χ2n) is 6.24. The number of rotatable bonds is 6. The zero-order valence-corrected chi connectivity index (χ0v) is 14.3. The Morgan fingerprint density at radius 2 is 2.15 bits per heavy atom. The molecule has 2 nitrogen and oxygen atoms in total. The predicted octanol–water partition coefficient (Wildman–Crippen LogP) is 3.92. The van der Waals surface area contributed by atoms with Crippen molar-refractivity contribution >= 4 is 11.3 Å². The first kappa shape index (κ1) is 16.0. The molecule has 2 atom stereocenters. The van der Waals surface area contributed by atoms with Crippen LogP contribution in [0.1, 0.15) is 51.8 Å². The minimum atomic E-state index is 0.329. The molecule has 2 heterocycles. The van der Waals surface area contributed by atoms with E-state index in [-0.39, 0.29) is 0 Å². The summed E-state index contributed by atoms with van der Waals surface area (Å²) in [7, 11) is 0. The smallest absolute Gasteiger partial charge is 0.0304 e. The van der Waals surface area contributed by atoms with Crippen molar-refractivity contribution in [2.45, 2.75) is 71.0 Å². The van der Waals surface area contributed by atoms with Crippen LogP contribution < -0.4 is 5.32 Å². The van der Waals surface area contributed by atoms with Gasteiger partial charge in [-0.3, -0.25) is 4.90 Å². The van der Waals surface area contributed by atoms with E-state index in [2.05, 4.69) is 55.4 Å². The van der Waals surface area contributed by atoms with Gasteiger partial charge < -0.3 is 5.32 Å². The van der Waals surface area contributed by atoms with Gasteiger partial charge in [0.15, 0.2) is 0 Å². The van der Waals surface area contributed by atoms with Crippen molar-refractivity contribution in [1.29, 1.82) is 0 Å². The largest absolute Gasteiger partial charge is 0.308 e. The van der Waals surface area contributed by atoms with Gasteiger partial charge in [-0.05, 0) is 44.1 Å². The molecule has 114 valence electrons. The average molecular weight is 295 g/mol.